The Balaban J connectivity index is 1.28. The van der Waals surface area contributed by atoms with Gasteiger partial charge in [0, 0.05) is 64.6 Å². The molecular formula is C46H28N4S. The van der Waals surface area contributed by atoms with Crippen LogP contribution in [0.15, 0.2) is 170 Å². The second-order valence-corrected chi connectivity index (χ2v) is 14.1. The van der Waals surface area contributed by atoms with Crippen LogP contribution in [0.2, 0.25) is 0 Å². The maximum absolute atomic E-state index is 5.35. The molecule has 11 aromatic rings. The molecule has 0 bridgehead atoms. The summed E-state index contributed by atoms with van der Waals surface area (Å²) >= 11 is 1.84. The highest BCUT2D eigenvalue weighted by molar-refractivity contribution is 7.26. The average Bonchev–Trinajstić information content (AvgIpc) is 3.86. The fourth-order valence-corrected chi connectivity index (χ4v) is 9.01. The van der Waals surface area contributed by atoms with Crippen LogP contribution in [0, 0.1) is 0 Å². The van der Waals surface area contributed by atoms with Crippen molar-refractivity contribution in [2.24, 2.45) is 0 Å². The van der Waals surface area contributed by atoms with Gasteiger partial charge >= 0.3 is 0 Å². The Hall–Kier alpha value is -6.56. The number of aromatic nitrogens is 4. The number of para-hydroxylation sites is 2. The Bertz CT molecular complexity index is 3020. The molecule has 0 radical (unpaired) electrons. The molecule has 0 unspecified atom stereocenters. The third-order valence-corrected chi connectivity index (χ3v) is 11.3. The quantitative estimate of drug-likeness (QED) is 0.187. The minimum atomic E-state index is 0.700. The summed E-state index contributed by atoms with van der Waals surface area (Å²) in [4.78, 5) is 10.5. The van der Waals surface area contributed by atoms with Crippen molar-refractivity contribution in [2.75, 3.05) is 0 Å². The molecule has 0 spiro atoms. The summed E-state index contributed by atoms with van der Waals surface area (Å²) in [6.45, 7) is 0. The zero-order chi connectivity index (χ0) is 33.5. The molecule has 0 amide bonds. The Labute approximate surface area is 297 Å². The largest absolute Gasteiger partial charge is 0.309 e. The van der Waals surface area contributed by atoms with Gasteiger partial charge in [0.25, 0.3) is 0 Å². The van der Waals surface area contributed by atoms with Crippen molar-refractivity contribution in [3.8, 4) is 34.2 Å². The van der Waals surface area contributed by atoms with Crippen LogP contribution in [-0.2, 0) is 0 Å². The summed E-state index contributed by atoms with van der Waals surface area (Å²) in [5.41, 5.74) is 8.72. The topological polar surface area (TPSA) is 35.6 Å². The fourth-order valence-electron chi connectivity index (χ4n) is 7.90. The molecule has 0 aliphatic carbocycles. The maximum atomic E-state index is 5.35. The van der Waals surface area contributed by atoms with Gasteiger partial charge in [-0.05, 0) is 42.5 Å². The van der Waals surface area contributed by atoms with E-state index in [-0.39, 0.29) is 0 Å². The van der Waals surface area contributed by atoms with Gasteiger partial charge in [-0.2, -0.15) is 0 Å². The molecule has 0 N–H and O–H groups in total. The van der Waals surface area contributed by atoms with Gasteiger partial charge in [0.2, 0.25) is 0 Å². The van der Waals surface area contributed by atoms with E-state index >= 15 is 0 Å². The first kappa shape index (κ1) is 28.3. The molecule has 5 heteroatoms. The number of rotatable bonds is 4. The predicted molar refractivity (Wildman–Crippen MR) is 214 cm³/mol. The minimum Gasteiger partial charge on any atom is -0.309 e. The summed E-state index contributed by atoms with van der Waals surface area (Å²) in [5.74, 6) is 1.54. The molecule has 11 rings (SSSR count). The van der Waals surface area contributed by atoms with E-state index in [1.165, 1.54) is 52.8 Å². The Morgan fingerprint density at radius 1 is 0.412 bits per heavy atom. The summed E-state index contributed by atoms with van der Waals surface area (Å²) in [5, 5.41) is 7.40. The van der Waals surface area contributed by atoms with E-state index in [4.69, 9.17) is 9.97 Å². The molecule has 7 aromatic carbocycles. The molecule has 0 aliphatic rings. The molecule has 4 nitrogen and oxygen atoms in total. The molecule has 0 saturated carbocycles. The first-order chi connectivity index (χ1) is 25.3. The first-order valence-electron chi connectivity index (χ1n) is 17.2. The first-order valence-corrected chi connectivity index (χ1v) is 18.0. The number of hydrogen-bond acceptors (Lipinski definition) is 3. The van der Waals surface area contributed by atoms with Crippen LogP contribution in [-0.4, -0.2) is 19.1 Å². The van der Waals surface area contributed by atoms with Crippen molar-refractivity contribution in [1.82, 2.24) is 19.1 Å². The highest BCUT2D eigenvalue weighted by Gasteiger charge is 2.22. The van der Waals surface area contributed by atoms with Gasteiger partial charge < -0.3 is 4.57 Å². The van der Waals surface area contributed by atoms with Crippen molar-refractivity contribution in [1.29, 1.82) is 0 Å². The SMILES string of the molecule is c1ccc(-c2cc(-n3c4ccc(-n5c6ccccc6c6ccccc65)cc4c4ccc5sc6ccccc6c5c43)nc(-c3ccccc3)n2)cc1. The van der Waals surface area contributed by atoms with E-state index in [1.807, 2.05) is 35.6 Å². The maximum Gasteiger partial charge on any atom is 0.162 e. The molecule has 4 heterocycles. The van der Waals surface area contributed by atoms with Gasteiger partial charge in [-0.1, -0.05) is 121 Å². The standard InChI is InChI=1S/C46H28N4S/c1-3-13-29(14-4-1)37-28-43(48-46(47-37)30-15-5-2-6-16-30)50-40-25-23-31(49-38-20-10-7-17-32(38)33-18-8-11-21-39(33)49)27-36(40)34-24-26-42-44(45(34)50)35-19-9-12-22-41(35)51-42/h1-28H. The number of benzene rings is 7. The van der Waals surface area contributed by atoms with Crippen LogP contribution >= 0.6 is 11.3 Å². The van der Waals surface area contributed by atoms with Gasteiger partial charge in [0.05, 0.1) is 27.8 Å². The van der Waals surface area contributed by atoms with E-state index in [9.17, 15) is 0 Å². The molecular weight excluding hydrogens is 641 g/mol. The van der Waals surface area contributed by atoms with Crippen molar-refractivity contribution < 1.29 is 0 Å². The van der Waals surface area contributed by atoms with Crippen molar-refractivity contribution in [3.63, 3.8) is 0 Å². The third kappa shape index (κ3) is 4.25. The van der Waals surface area contributed by atoms with Crippen LogP contribution in [0.25, 0.3) is 97.9 Å². The Morgan fingerprint density at radius 2 is 1.04 bits per heavy atom. The molecule has 0 saturated heterocycles. The molecule has 0 aliphatic heterocycles. The minimum absolute atomic E-state index is 0.700. The van der Waals surface area contributed by atoms with Crippen LogP contribution in [0.5, 0.6) is 0 Å². The van der Waals surface area contributed by atoms with Gasteiger partial charge in [-0.25, -0.2) is 9.97 Å². The number of hydrogen-bond donors (Lipinski definition) is 0. The second kappa shape index (κ2) is 11.0. The number of thiophene rings is 1. The van der Waals surface area contributed by atoms with Crippen molar-refractivity contribution in [3.05, 3.63) is 170 Å². The molecule has 4 aromatic heterocycles. The third-order valence-electron chi connectivity index (χ3n) is 10.1. The summed E-state index contributed by atoms with van der Waals surface area (Å²) in [6.07, 6.45) is 0. The zero-order valence-electron chi connectivity index (χ0n) is 27.4. The Kier molecular flexibility index (Phi) is 6.09. The zero-order valence-corrected chi connectivity index (χ0v) is 28.2. The lowest BCUT2D eigenvalue weighted by molar-refractivity contribution is 1.05. The molecule has 238 valence electrons. The average molecular weight is 669 g/mol. The van der Waals surface area contributed by atoms with Gasteiger partial charge in [0.15, 0.2) is 5.82 Å². The highest BCUT2D eigenvalue weighted by atomic mass is 32.1. The number of fused-ring (bicyclic) bond motifs is 10. The second-order valence-electron chi connectivity index (χ2n) is 13.0. The predicted octanol–water partition coefficient (Wildman–Crippen LogP) is 12.4. The van der Waals surface area contributed by atoms with Gasteiger partial charge in [-0.3, -0.25) is 4.57 Å². The van der Waals surface area contributed by atoms with Crippen LogP contribution in [0.1, 0.15) is 0 Å². The van der Waals surface area contributed by atoms with E-state index in [0.29, 0.717) is 5.82 Å². The van der Waals surface area contributed by atoms with Crippen LogP contribution in [0.3, 0.4) is 0 Å². The van der Waals surface area contributed by atoms with Crippen LogP contribution in [0.4, 0.5) is 0 Å². The smallest absolute Gasteiger partial charge is 0.162 e. The number of nitrogens with zero attached hydrogens (tertiary/aromatic N) is 4. The lowest BCUT2D eigenvalue weighted by Crippen LogP contribution is -2.03. The van der Waals surface area contributed by atoms with E-state index < -0.39 is 0 Å². The summed E-state index contributed by atoms with van der Waals surface area (Å²) in [6, 6.07) is 60.5. The summed E-state index contributed by atoms with van der Waals surface area (Å²) in [7, 11) is 0. The van der Waals surface area contributed by atoms with E-state index in [1.54, 1.807) is 0 Å². The lowest BCUT2D eigenvalue weighted by atomic mass is 10.1. The van der Waals surface area contributed by atoms with E-state index in [2.05, 4.69) is 155 Å². The molecule has 0 atom stereocenters. The van der Waals surface area contributed by atoms with Crippen molar-refractivity contribution in [2.45, 2.75) is 0 Å². The monoisotopic (exact) mass is 668 g/mol. The van der Waals surface area contributed by atoms with Gasteiger partial charge in [-0.15, -0.1) is 11.3 Å². The lowest BCUT2D eigenvalue weighted by Gasteiger charge is -2.13. The van der Waals surface area contributed by atoms with E-state index in [0.717, 1.165) is 39.4 Å². The highest BCUT2D eigenvalue weighted by Crippen LogP contribution is 2.44. The van der Waals surface area contributed by atoms with Crippen molar-refractivity contribution >= 4 is 75.1 Å². The summed E-state index contributed by atoms with van der Waals surface area (Å²) < 4.78 is 7.32. The molecule has 51 heavy (non-hydrogen) atoms. The normalized spacial score (nSPS) is 11.9. The van der Waals surface area contributed by atoms with Crippen LogP contribution < -0.4 is 0 Å². The Morgan fingerprint density at radius 3 is 1.78 bits per heavy atom. The fraction of sp³-hybridized carbons (Fsp3) is 0. The van der Waals surface area contributed by atoms with Gasteiger partial charge in [0.1, 0.15) is 5.82 Å². The molecule has 0 fully saturated rings.